The molecule has 0 aliphatic heterocycles. The predicted molar refractivity (Wildman–Crippen MR) is 144 cm³/mol. The van der Waals surface area contributed by atoms with Crippen molar-refractivity contribution < 1.29 is 20.1 Å². The van der Waals surface area contributed by atoms with E-state index in [1.807, 2.05) is 18.2 Å². The van der Waals surface area contributed by atoms with E-state index >= 15 is 0 Å². The summed E-state index contributed by atoms with van der Waals surface area (Å²) in [6.45, 7) is 0. The number of pyridine rings is 1. The van der Waals surface area contributed by atoms with Gasteiger partial charge in [0.25, 0.3) is 0 Å². The van der Waals surface area contributed by atoms with E-state index in [0.29, 0.717) is 0 Å². The van der Waals surface area contributed by atoms with Gasteiger partial charge in [-0.05, 0) is 59.5 Å². The monoisotopic (exact) mass is 633 g/mol. The molecule has 1 nitrogen and oxygen atoms in total. The Balaban J connectivity index is 0.00000289. The zero-order chi connectivity index (χ0) is 23.0. The van der Waals surface area contributed by atoms with Crippen LogP contribution in [0, 0.1) is 6.07 Å². The summed E-state index contributed by atoms with van der Waals surface area (Å²) in [4.78, 5) is 4.84. The zero-order valence-electron chi connectivity index (χ0n) is 19.9. The number of hydrogen-bond acceptors (Lipinski definition) is 1. The molecule has 0 unspecified atom stereocenters. The Morgan fingerprint density at radius 2 is 1.26 bits per heavy atom. The fourth-order valence-corrected chi connectivity index (χ4v) is 4.53. The Kier molecular flexibility index (Phi) is 9.01. The van der Waals surface area contributed by atoms with E-state index in [1.54, 1.807) is 0 Å². The molecule has 0 bridgehead atoms. The van der Waals surface area contributed by atoms with Gasteiger partial charge >= 0.3 is 0 Å². The van der Waals surface area contributed by atoms with Crippen molar-refractivity contribution in [3.05, 3.63) is 126 Å². The second kappa shape index (κ2) is 12.6. The Morgan fingerprint density at radius 1 is 0.571 bits per heavy atom. The molecule has 0 saturated heterocycles. The van der Waals surface area contributed by atoms with Crippen molar-refractivity contribution in [3.8, 4) is 22.4 Å². The van der Waals surface area contributed by atoms with Gasteiger partial charge in [-0.1, -0.05) is 97.8 Å². The van der Waals surface area contributed by atoms with E-state index in [4.69, 9.17) is 4.98 Å². The van der Waals surface area contributed by atoms with Crippen LogP contribution in [0.15, 0.2) is 109 Å². The molecule has 5 rings (SSSR count). The quantitative estimate of drug-likeness (QED) is 0.117. The molecule has 0 atom stereocenters. The Morgan fingerprint density at radius 3 is 2.03 bits per heavy atom. The van der Waals surface area contributed by atoms with Crippen LogP contribution in [0.3, 0.4) is 0 Å². The minimum absolute atomic E-state index is 0. The number of nitrogens with zero attached hydrogens (tertiary/aromatic N) is 1. The third-order valence-electron chi connectivity index (χ3n) is 6.49. The third kappa shape index (κ3) is 6.75. The van der Waals surface area contributed by atoms with Crippen LogP contribution in [-0.2, 0) is 32.9 Å². The van der Waals surface area contributed by atoms with Crippen LogP contribution in [-0.4, -0.2) is 4.98 Å². The summed E-state index contributed by atoms with van der Waals surface area (Å²) in [6, 6.07) is 42.0. The molecule has 4 aromatic carbocycles. The van der Waals surface area contributed by atoms with E-state index in [-0.39, 0.29) is 20.1 Å². The fraction of sp³-hybridized carbons (Fsp3) is 0.182. The van der Waals surface area contributed by atoms with Gasteiger partial charge < -0.3 is 0 Å². The van der Waals surface area contributed by atoms with Crippen molar-refractivity contribution in [2.24, 2.45) is 0 Å². The van der Waals surface area contributed by atoms with Gasteiger partial charge in [0.2, 0.25) is 0 Å². The number of aromatic nitrogens is 1. The maximum absolute atomic E-state index is 4.84. The molecular formula is C33H30IrN-. The van der Waals surface area contributed by atoms with E-state index < -0.39 is 0 Å². The molecule has 1 aromatic heterocycles. The molecule has 0 amide bonds. The van der Waals surface area contributed by atoms with Crippen LogP contribution in [0.25, 0.3) is 33.3 Å². The summed E-state index contributed by atoms with van der Waals surface area (Å²) in [7, 11) is 0. The molecule has 35 heavy (non-hydrogen) atoms. The molecule has 2 heteroatoms. The Bertz CT molecular complexity index is 1340. The van der Waals surface area contributed by atoms with Gasteiger partial charge in [-0.15, -0.1) is 35.4 Å². The van der Waals surface area contributed by atoms with Crippen molar-refractivity contribution in [3.63, 3.8) is 0 Å². The van der Waals surface area contributed by atoms with E-state index in [1.165, 1.54) is 54.4 Å². The van der Waals surface area contributed by atoms with Gasteiger partial charge in [0, 0.05) is 20.1 Å². The van der Waals surface area contributed by atoms with E-state index in [2.05, 4.69) is 97.1 Å². The molecule has 0 saturated carbocycles. The normalized spacial score (nSPS) is 10.7. The number of aryl methyl sites for hydroxylation is 2. The first-order valence-corrected chi connectivity index (χ1v) is 12.4. The minimum atomic E-state index is 0. The number of fused-ring (bicyclic) bond motifs is 1. The first-order valence-electron chi connectivity index (χ1n) is 12.4. The number of benzene rings is 4. The van der Waals surface area contributed by atoms with Crippen LogP contribution in [0.5, 0.6) is 0 Å². The van der Waals surface area contributed by atoms with Crippen LogP contribution in [0.2, 0.25) is 0 Å². The van der Waals surface area contributed by atoms with Crippen LogP contribution >= 0.6 is 0 Å². The largest absolute Gasteiger partial charge is 0.296 e. The SMILES string of the molecule is [Ir].[c-]1ccc(-c2ccc(CCCCCCc3ccccc3)cc2)cc1-c1ccc2ccccc2n1. The van der Waals surface area contributed by atoms with Gasteiger partial charge in [0.15, 0.2) is 0 Å². The first kappa shape index (κ1) is 25.0. The van der Waals surface area contributed by atoms with Crippen LogP contribution in [0.1, 0.15) is 36.8 Å². The molecule has 177 valence electrons. The predicted octanol–water partition coefficient (Wildman–Crippen LogP) is 8.71. The second-order valence-electron chi connectivity index (χ2n) is 8.98. The number of hydrogen-bond donors (Lipinski definition) is 0. The Hall–Kier alpha value is -3.06. The molecule has 0 aliphatic carbocycles. The fourth-order valence-electron chi connectivity index (χ4n) is 4.53. The number of unbranched alkanes of at least 4 members (excludes halogenated alkanes) is 3. The number of para-hydroxylation sites is 1. The maximum atomic E-state index is 4.84. The van der Waals surface area contributed by atoms with Gasteiger partial charge in [-0.3, -0.25) is 4.98 Å². The van der Waals surface area contributed by atoms with Crippen molar-refractivity contribution in [1.29, 1.82) is 0 Å². The van der Waals surface area contributed by atoms with E-state index in [9.17, 15) is 0 Å². The molecular weight excluding hydrogens is 603 g/mol. The van der Waals surface area contributed by atoms with Crippen molar-refractivity contribution >= 4 is 10.9 Å². The molecule has 1 radical (unpaired) electrons. The average Bonchev–Trinajstić information content (AvgIpc) is 2.91. The first-order chi connectivity index (χ1) is 16.8. The smallest absolute Gasteiger partial charge is 0.0595 e. The van der Waals surface area contributed by atoms with Crippen LogP contribution in [0.4, 0.5) is 0 Å². The molecule has 0 N–H and O–H groups in total. The average molecular weight is 633 g/mol. The van der Waals surface area contributed by atoms with Crippen molar-refractivity contribution in [2.75, 3.05) is 0 Å². The summed E-state index contributed by atoms with van der Waals surface area (Å²) in [6.07, 6.45) is 7.49. The van der Waals surface area contributed by atoms with Crippen molar-refractivity contribution in [2.45, 2.75) is 38.5 Å². The Labute approximate surface area is 222 Å². The van der Waals surface area contributed by atoms with E-state index in [0.717, 1.165) is 28.6 Å². The molecule has 1 heterocycles. The minimum Gasteiger partial charge on any atom is -0.296 e. The van der Waals surface area contributed by atoms with Crippen LogP contribution < -0.4 is 0 Å². The standard InChI is InChI=1S/C33H30N.Ir/c1(4-11-26-12-6-3-7-13-26)2-5-14-27-19-21-28(22-20-27)30-16-10-17-31(25-30)33-24-23-29-15-8-9-18-32(29)34-33;/h3,6-10,12-13,15-16,18-25H,1-2,4-5,11,14H2;/q-1;. The zero-order valence-corrected chi connectivity index (χ0v) is 22.3. The maximum Gasteiger partial charge on any atom is 0.0595 e. The molecule has 0 fully saturated rings. The second-order valence-corrected chi connectivity index (χ2v) is 8.98. The molecule has 0 spiro atoms. The summed E-state index contributed by atoms with van der Waals surface area (Å²) in [5, 5.41) is 1.16. The van der Waals surface area contributed by atoms with Crippen molar-refractivity contribution in [1.82, 2.24) is 4.98 Å². The summed E-state index contributed by atoms with van der Waals surface area (Å²) in [5.41, 5.74) is 8.33. The van der Waals surface area contributed by atoms with Gasteiger partial charge in [0.1, 0.15) is 0 Å². The number of rotatable bonds is 9. The summed E-state index contributed by atoms with van der Waals surface area (Å²) < 4.78 is 0. The van der Waals surface area contributed by atoms with Gasteiger partial charge in [-0.25, -0.2) is 0 Å². The third-order valence-corrected chi connectivity index (χ3v) is 6.49. The topological polar surface area (TPSA) is 12.9 Å². The van der Waals surface area contributed by atoms with Gasteiger partial charge in [-0.2, -0.15) is 0 Å². The molecule has 0 aliphatic rings. The summed E-state index contributed by atoms with van der Waals surface area (Å²) in [5.74, 6) is 0. The molecule has 5 aromatic rings. The summed E-state index contributed by atoms with van der Waals surface area (Å²) >= 11 is 0. The van der Waals surface area contributed by atoms with Gasteiger partial charge in [0.05, 0.1) is 5.52 Å².